The van der Waals surface area contributed by atoms with Crippen LogP contribution in [0.3, 0.4) is 0 Å². The highest BCUT2D eigenvalue weighted by molar-refractivity contribution is 7.92. The number of aromatic nitrogens is 4. The van der Waals surface area contributed by atoms with Gasteiger partial charge in [-0.25, -0.2) is 27.6 Å². The summed E-state index contributed by atoms with van der Waals surface area (Å²) in [5.41, 5.74) is 1.22. The van der Waals surface area contributed by atoms with Gasteiger partial charge in [0.15, 0.2) is 5.82 Å². The third-order valence-electron chi connectivity index (χ3n) is 9.03. The largest absolute Gasteiger partial charge is 0.421 e. The lowest BCUT2D eigenvalue weighted by molar-refractivity contribution is -0.137. The van der Waals surface area contributed by atoms with Crippen LogP contribution in [0, 0.1) is 5.82 Å². The fourth-order valence-electron chi connectivity index (χ4n) is 6.00. The van der Waals surface area contributed by atoms with E-state index < -0.39 is 39.4 Å². The fraction of sp³-hybridized carbons (Fsp3) is 0.353. The Balaban J connectivity index is 1.04. The van der Waals surface area contributed by atoms with E-state index in [0.29, 0.717) is 24.0 Å². The van der Waals surface area contributed by atoms with Crippen molar-refractivity contribution in [2.75, 3.05) is 57.7 Å². The van der Waals surface area contributed by atoms with Crippen LogP contribution in [0.4, 0.5) is 57.0 Å². The highest BCUT2D eigenvalue weighted by Gasteiger charge is 2.35. The molecule has 15 nitrogen and oxygen atoms in total. The predicted molar refractivity (Wildman–Crippen MR) is 193 cm³/mol. The lowest BCUT2D eigenvalue weighted by Gasteiger charge is -2.34. The Morgan fingerprint density at radius 1 is 0.963 bits per heavy atom. The minimum atomic E-state index is -4.82. The quantitative estimate of drug-likeness (QED) is 0.150. The summed E-state index contributed by atoms with van der Waals surface area (Å²) in [6, 6.07) is 11.7. The molecule has 0 saturated carbocycles. The number of sulfonamides is 1. The summed E-state index contributed by atoms with van der Waals surface area (Å²) in [4.78, 5) is 43.2. The molecular formula is C34H37F4N11O4S. The number of nitrogens with one attached hydrogen (secondary N) is 4. The molecule has 0 aliphatic carbocycles. The molecule has 0 unspecified atom stereocenters. The van der Waals surface area contributed by atoms with Gasteiger partial charge in [0.05, 0.1) is 12.8 Å². The van der Waals surface area contributed by atoms with Gasteiger partial charge in [-0.05, 0) is 49.2 Å². The Morgan fingerprint density at radius 2 is 1.67 bits per heavy atom. The summed E-state index contributed by atoms with van der Waals surface area (Å²) in [7, 11) is -2.49. The molecule has 0 spiro atoms. The molecule has 2 aromatic carbocycles. The standard InChI is InChI=1S/C34H37F4N11O4S/c1-47(54(2,52)53)31-28(39-12-13-40-31)20-42-30-26(34(36,37)38)19-43-32(46-30)44-23-4-3-21(27(35)17-23)18-41-22-9-14-48(15-10-22)24-5-7-25(8-6-24)49-16-11-29(50)45-33(49)51/h3-8,12-13,17,19,22,41H,9-11,14-16,18,20H2,1-2H3,(H,45,50,51)(H2,42,43,44,46). The van der Waals surface area contributed by atoms with Crippen molar-refractivity contribution in [3.05, 3.63) is 83.7 Å². The van der Waals surface area contributed by atoms with Crippen molar-refractivity contribution in [3.63, 3.8) is 0 Å². The number of nitrogens with zero attached hydrogens (tertiary/aromatic N) is 7. The molecule has 0 radical (unpaired) electrons. The van der Waals surface area contributed by atoms with Crippen molar-refractivity contribution in [1.29, 1.82) is 0 Å². The van der Waals surface area contributed by atoms with E-state index >= 15 is 4.39 Å². The van der Waals surface area contributed by atoms with Gasteiger partial charge in [0.1, 0.15) is 22.9 Å². The van der Waals surface area contributed by atoms with Crippen molar-refractivity contribution in [1.82, 2.24) is 30.6 Å². The van der Waals surface area contributed by atoms with Crippen molar-refractivity contribution < 1.29 is 35.6 Å². The first-order valence-electron chi connectivity index (χ1n) is 16.8. The molecule has 4 heterocycles. The number of piperidine rings is 1. The van der Waals surface area contributed by atoms with Gasteiger partial charge < -0.3 is 20.9 Å². The van der Waals surface area contributed by atoms with E-state index in [4.69, 9.17) is 0 Å². The zero-order valence-electron chi connectivity index (χ0n) is 29.2. The van der Waals surface area contributed by atoms with Crippen molar-refractivity contribution in [2.45, 2.75) is 44.6 Å². The van der Waals surface area contributed by atoms with Crippen LogP contribution in [0.25, 0.3) is 0 Å². The number of urea groups is 1. The molecule has 4 N–H and O–H groups in total. The summed E-state index contributed by atoms with van der Waals surface area (Å²) in [5, 5.41) is 11.0. The first-order valence-corrected chi connectivity index (χ1v) is 18.7. The minimum Gasteiger partial charge on any atom is -0.371 e. The van der Waals surface area contributed by atoms with Gasteiger partial charge in [-0.1, -0.05) is 6.07 Å². The highest BCUT2D eigenvalue weighted by Crippen LogP contribution is 2.35. The van der Waals surface area contributed by atoms with Crippen LogP contribution >= 0.6 is 0 Å². The van der Waals surface area contributed by atoms with Gasteiger partial charge in [0.2, 0.25) is 21.9 Å². The molecule has 20 heteroatoms. The first-order chi connectivity index (χ1) is 25.7. The van der Waals surface area contributed by atoms with Crippen LogP contribution in [0.15, 0.2) is 61.1 Å². The van der Waals surface area contributed by atoms with Crippen LogP contribution < -0.4 is 35.4 Å². The number of carbonyl (C=O) groups excluding carboxylic acids is 2. The maximum absolute atomic E-state index is 15.2. The number of rotatable bonds is 12. The Hall–Kier alpha value is -5.63. The topological polar surface area (TPSA) is 178 Å². The van der Waals surface area contributed by atoms with Gasteiger partial charge >= 0.3 is 12.2 Å². The maximum atomic E-state index is 15.2. The lowest BCUT2D eigenvalue weighted by Crippen LogP contribution is -2.49. The second kappa shape index (κ2) is 15.8. The summed E-state index contributed by atoms with van der Waals surface area (Å²) in [6.45, 7) is 1.77. The summed E-state index contributed by atoms with van der Waals surface area (Å²) < 4.78 is 81.7. The summed E-state index contributed by atoms with van der Waals surface area (Å²) in [6.07, 6.45) is 1.13. The van der Waals surface area contributed by atoms with E-state index in [1.165, 1.54) is 30.4 Å². The highest BCUT2D eigenvalue weighted by atomic mass is 32.2. The molecule has 0 bridgehead atoms. The molecule has 2 aliphatic heterocycles. The van der Waals surface area contributed by atoms with E-state index in [2.05, 4.69) is 46.1 Å². The molecule has 6 rings (SSSR count). The number of alkyl halides is 3. The maximum Gasteiger partial charge on any atom is 0.421 e. The van der Waals surface area contributed by atoms with Crippen LogP contribution in [0.1, 0.15) is 36.1 Å². The zero-order valence-corrected chi connectivity index (χ0v) is 30.0. The second-order valence-corrected chi connectivity index (χ2v) is 14.7. The number of anilines is 6. The van der Waals surface area contributed by atoms with Gasteiger partial charge in [-0.2, -0.15) is 18.2 Å². The van der Waals surface area contributed by atoms with Crippen molar-refractivity contribution >= 4 is 56.6 Å². The molecule has 54 heavy (non-hydrogen) atoms. The van der Waals surface area contributed by atoms with Crippen LogP contribution in [-0.2, 0) is 34.1 Å². The third-order valence-corrected chi connectivity index (χ3v) is 10.2. The number of hydrogen-bond donors (Lipinski definition) is 4. The van der Waals surface area contributed by atoms with Gasteiger partial charge in [0, 0.05) is 86.9 Å². The van der Waals surface area contributed by atoms with Crippen LogP contribution in [0.5, 0.6) is 0 Å². The normalized spacial score (nSPS) is 15.6. The molecule has 2 saturated heterocycles. The Kier molecular flexibility index (Phi) is 11.1. The summed E-state index contributed by atoms with van der Waals surface area (Å²) >= 11 is 0. The molecule has 286 valence electrons. The van der Waals surface area contributed by atoms with Gasteiger partial charge in [-0.3, -0.25) is 24.3 Å². The Bertz CT molecular complexity index is 2120. The van der Waals surface area contributed by atoms with E-state index in [1.54, 1.807) is 12.1 Å². The fourth-order valence-corrected chi connectivity index (χ4v) is 6.47. The molecule has 2 fully saturated rings. The number of imide groups is 1. The van der Waals surface area contributed by atoms with Crippen LogP contribution in [-0.4, -0.2) is 79.3 Å². The number of amides is 3. The van der Waals surface area contributed by atoms with Gasteiger partial charge in [0.25, 0.3) is 0 Å². The average molecular weight is 772 g/mol. The predicted octanol–water partition coefficient (Wildman–Crippen LogP) is 4.38. The number of benzene rings is 2. The minimum absolute atomic E-state index is 0.0559. The van der Waals surface area contributed by atoms with E-state index in [0.717, 1.165) is 42.2 Å². The Morgan fingerprint density at radius 3 is 2.33 bits per heavy atom. The first kappa shape index (κ1) is 38.1. The molecule has 3 amide bonds. The van der Waals surface area contributed by atoms with Crippen LogP contribution in [0.2, 0.25) is 0 Å². The molecule has 0 atom stereocenters. The molecular weight excluding hydrogens is 735 g/mol. The smallest absolute Gasteiger partial charge is 0.371 e. The second-order valence-electron chi connectivity index (χ2n) is 12.7. The number of hydrogen-bond acceptors (Lipinski definition) is 12. The number of carbonyl (C=O) groups is 2. The molecule has 2 aromatic heterocycles. The average Bonchev–Trinajstić information content (AvgIpc) is 3.13. The van der Waals surface area contributed by atoms with E-state index in [9.17, 15) is 31.2 Å². The van der Waals surface area contributed by atoms with Gasteiger partial charge in [-0.15, -0.1) is 0 Å². The molecule has 2 aliphatic rings. The number of halogens is 4. The zero-order chi connectivity index (χ0) is 38.6. The third kappa shape index (κ3) is 9.11. The SMILES string of the molecule is CN(c1nccnc1CNc1nc(Nc2ccc(CNC3CCN(c4ccc(N5CCC(=O)NC5=O)cc4)CC3)c(F)c2)ncc1C(F)(F)F)S(C)(=O)=O. The lowest BCUT2D eigenvalue weighted by atomic mass is 10.0. The van der Waals surface area contributed by atoms with Crippen molar-refractivity contribution in [2.24, 2.45) is 0 Å². The Labute approximate surface area is 308 Å². The summed E-state index contributed by atoms with van der Waals surface area (Å²) in [5.74, 6) is -1.73. The molecule has 4 aromatic rings. The van der Waals surface area contributed by atoms with Crippen molar-refractivity contribution in [3.8, 4) is 0 Å². The van der Waals surface area contributed by atoms with E-state index in [-0.39, 0.29) is 54.6 Å². The monoisotopic (exact) mass is 771 g/mol. The van der Waals surface area contributed by atoms with E-state index in [1.807, 2.05) is 24.3 Å².